The third kappa shape index (κ3) is 3.48. The van der Waals surface area contributed by atoms with Crippen molar-refractivity contribution in [2.24, 2.45) is 5.92 Å². The molecule has 0 unspecified atom stereocenters. The van der Waals surface area contributed by atoms with Gasteiger partial charge in [0.1, 0.15) is 11.0 Å². The lowest BCUT2D eigenvalue weighted by Crippen LogP contribution is -2.06. The van der Waals surface area contributed by atoms with E-state index in [-0.39, 0.29) is 0 Å². The number of nitrogens with one attached hydrogen (secondary N) is 1. The van der Waals surface area contributed by atoms with Crippen LogP contribution in [0.1, 0.15) is 19.5 Å². The highest BCUT2D eigenvalue weighted by atomic mass is 35.5. The molecule has 0 aliphatic rings. The number of H-pyrrole nitrogens is 1. The van der Waals surface area contributed by atoms with E-state index in [1.807, 2.05) is 48.0 Å². The Hall–Kier alpha value is -2.85. The first-order chi connectivity index (χ1) is 13.5. The van der Waals surface area contributed by atoms with Crippen LogP contribution in [0.25, 0.3) is 33.9 Å². The molecule has 0 aliphatic heterocycles. The molecule has 2 aromatic carbocycles. The van der Waals surface area contributed by atoms with Crippen LogP contribution in [0, 0.1) is 12.8 Å². The minimum atomic E-state index is 0.459. The van der Waals surface area contributed by atoms with Crippen molar-refractivity contribution in [2.45, 2.75) is 27.3 Å². The van der Waals surface area contributed by atoms with Crippen LogP contribution in [0.2, 0.25) is 5.15 Å². The first kappa shape index (κ1) is 18.5. The lowest BCUT2D eigenvalue weighted by Gasteiger charge is -2.05. The fourth-order valence-electron chi connectivity index (χ4n) is 3.40. The fourth-order valence-corrected chi connectivity index (χ4v) is 3.73. The van der Waals surface area contributed by atoms with E-state index in [9.17, 15) is 0 Å². The maximum absolute atomic E-state index is 6.70. The van der Waals surface area contributed by atoms with E-state index in [1.165, 1.54) is 0 Å². The molecule has 0 spiro atoms. The highest BCUT2D eigenvalue weighted by molar-refractivity contribution is 6.32. The second kappa shape index (κ2) is 7.64. The predicted molar refractivity (Wildman–Crippen MR) is 115 cm³/mol. The summed E-state index contributed by atoms with van der Waals surface area (Å²) in [6.07, 6.45) is 0. The zero-order valence-corrected chi connectivity index (χ0v) is 17.0. The summed E-state index contributed by atoms with van der Waals surface area (Å²) >= 11 is 6.70. The van der Waals surface area contributed by atoms with Crippen LogP contribution in [-0.2, 0) is 6.54 Å². The number of aryl methyl sites for hydroxylation is 1. The van der Waals surface area contributed by atoms with E-state index in [0.717, 1.165) is 46.1 Å². The molecule has 0 bridgehead atoms. The van der Waals surface area contributed by atoms with Crippen LogP contribution >= 0.6 is 11.6 Å². The first-order valence-electron chi connectivity index (χ1n) is 9.48. The average molecular weight is 391 g/mol. The summed E-state index contributed by atoms with van der Waals surface area (Å²) in [5, 5.41) is 5.26. The molecule has 2 aromatic heterocycles. The van der Waals surface area contributed by atoms with Crippen molar-refractivity contribution in [2.75, 3.05) is 0 Å². The van der Waals surface area contributed by atoms with Crippen molar-refractivity contribution < 1.29 is 0 Å². The smallest absolute Gasteiger partial charge is 0.143 e. The molecule has 5 heteroatoms. The van der Waals surface area contributed by atoms with E-state index >= 15 is 0 Å². The van der Waals surface area contributed by atoms with Gasteiger partial charge in [-0.1, -0.05) is 86.1 Å². The molecule has 0 radical (unpaired) electrons. The quantitative estimate of drug-likeness (QED) is 0.439. The van der Waals surface area contributed by atoms with Crippen LogP contribution in [-0.4, -0.2) is 19.7 Å². The Labute approximate surface area is 170 Å². The number of halogens is 1. The van der Waals surface area contributed by atoms with Gasteiger partial charge >= 0.3 is 0 Å². The number of imidazole rings is 1. The van der Waals surface area contributed by atoms with Crippen LogP contribution in [0.5, 0.6) is 0 Å². The van der Waals surface area contributed by atoms with Crippen molar-refractivity contribution in [3.63, 3.8) is 0 Å². The summed E-state index contributed by atoms with van der Waals surface area (Å²) in [5.41, 5.74) is 5.78. The van der Waals surface area contributed by atoms with Crippen LogP contribution in [0.3, 0.4) is 0 Å². The maximum Gasteiger partial charge on any atom is 0.143 e. The molecule has 0 amide bonds. The average Bonchev–Trinajstić information content (AvgIpc) is 3.24. The molecular formula is C23H23ClN4. The molecule has 28 heavy (non-hydrogen) atoms. The summed E-state index contributed by atoms with van der Waals surface area (Å²) in [7, 11) is 0. The third-order valence-electron chi connectivity index (χ3n) is 4.65. The van der Waals surface area contributed by atoms with Gasteiger partial charge in [0.15, 0.2) is 0 Å². The summed E-state index contributed by atoms with van der Waals surface area (Å²) in [5.74, 6) is 1.20. The zero-order valence-electron chi connectivity index (χ0n) is 16.3. The Balaban J connectivity index is 1.89. The number of aromatic nitrogens is 4. The highest BCUT2D eigenvalue weighted by Gasteiger charge is 2.22. The molecule has 1 N–H and O–H groups in total. The molecule has 0 aliphatic carbocycles. The largest absolute Gasteiger partial charge is 0.337 e. The minimum Gasteiger partial charge on any atom is -0.337 e. The molecular weight excluding hydrogens is 368 g/mol. The van der Waals surface area contributed by atoms with Gasteiger partial charge in [-0.3, -0.25) is 4.68 Å². The van der Waals surface area contributed by atoms with Gasteiger partial charge in [-0.15, -0.1) is 0 Å². The van der Waals surface area contributed by atoms with Crippen LogP contribution in [0.15, 0.2) is 60.7 Å². The Bertz CT molecular complexity index is 1020. The number of hydrogen-bond donors (Lipinski definition) is 1. The van der Waals surface area contributed by atoms with Gasteiger partial charge in [0.2, 0.25) is 0 Å². The Morgan fingerprint density at radius 1 is 0.964 bits per heavy atom. The number of benzene rings is 2. The van der Waals surface area contributed by atoms with E-state index < -0.39 is 0 Å². The standard InChI is InChI=1S/C23H23ClN4/c1-15(2)14-28-22(24)19(16(3)27-28)23-25-20(17-10-6-4-7-11-17)21(26-23)18-12-8-5-9-13-18/h4-13,15H,14H2,1-3H3,(H,25,26). The molecule has 4 aromatic rings. The second-order valence-electron chi connectivity index (χ2n) is 7.37. The van der Waals surface area contributed by atoms with Gasteiger partial charge in [-0.2, -0.15) is 5.10 Å². The number of rotatable bonds is 5. The van der Waals surface area contributed by atoms with E-state index in [0.29, 0.717) is 11.1 Å². The Morgan fingerprint density at radius 3 is 2.18 bits per heavy atom. The van der Waals surface area contributed by atoms with E-state index in [2.05, 4.69) is 48.2 Å². The van der Waals surface area contributed by atoms with Crippen molar-refractivity contribution >= 4 is 11.6 Å². The van der Waals surface area contributed by atoms with Crippen molar-refractivity contribution in [1.29, 1.82) is 0 Å². The van der Waals surface area contributed by atoms with Gasteiger partial charge in [-0.25, -0.2) is 4.98 Å². The molecule has 4 rings (SSSR count). The van der Waals surface area contributed by atoms with E-state index in [4.69, 9.17) is 16.6 Å². The number of nitrogens with zero attached hydrogens (tertiary/aromatic N) is 3. The molecule has 142 valence electrons. The Kier molecular flexibility index (Phi) is 5.05. The maximum atomic E-state index is 6.70. The van der Waals surface area contributed by atoms with Gasteiger partial charge in [0.05, 0.1) is 22.6 Å². The Morgan fingerprint density at radius 2 is 1.57 bits per heavy atom. The second-order valence-corrected chi connectivity index (χ2v) is 7.73. The fraction of sp³-hybridized carbons (Fsp3) is 0.217. The van der Waals surface area contributed by atoms with Crippen molar-refractivity contribution in [3.05, 3.63) is 71.5 Å². The SMILES string of the molecule is Cc1nn(CC(C)C)c(Cl)c1-c1nc(-c2ccccc2)c(-c2ccccc2)[nH]1. The van der Waals surface area contributed by atoms with Crippen LogP contribution < -0.4 is 0 Å². The normalized spacial score (nSPS) is 11.3. The topological polar surface area (TPSA) is 46.5 Å². The lowest BCUT2D eigenvalue weighted by atomic mass is 10.1. The highest BCUT2D eigenvalue weighted by Crippen LogP contribution is 2.36. The predicted octanol–water partition coefficient (Wildman–Crippen LogP) is 6.23. The number of hydrogen-bond acceptors (Lipinski definition) is 2. The molecule has 0 saturated carbocycles. The monoisotopic (exact) mass is 390 g/mol. The van der Waals surface area contributed by atoms with Gasteiger partial charge in [-0.05, 0) is 12.8 Å². The number of aromatic amines is 1. The summed E-state index contributed by atoms with van der Waals surface area (Å²) in [6, 6.07) is 20.4. The molecule has 4 nitrogen and oxygen atoms in total. The van der Waals surface area contributed by atoms with Crippen molar-refractivity contribution in [3.8, 4) is 33.9 Å². The first-order valence-corrected chi connectivity index (χ1v) is 9.86. The summed E-state index contributed by atoms with van der Waals surface area (Å²) < 4.78 is 1.86. The molecule has 0 atom stereocenters. The minimum absolute atomic E-state index is 0.459. The molecule has 0 fully saturated rings. The van der Waals surface area contributed by atoms with Gasteiger partial charge in [0, 0.05) is 17.7 Å². The van der Waals surface area contributed by atoms with Gasteiger partial charge < -0.3 is 4.98 Å². The summed E-state index contributed by atoms with van der Waals surface area (Å²) in [6.45, 7) is 7.06. The zero-order chi connectivity index (χ0) is 19.7. The molecule has 0 saturated heterocycles. The van der Waals surface area contributed by atoms with E-state index in [1.54, 1.807) is 0 Å². The molecule has 2 heterocycles. The summed E-state index contributed by atoms with van der Waals surface area (Å²) in [4.78, 5) is 8.46. The lowest BCUT2D eigenvalue weighted by molar-refractivity contribution is 0.482. The van der Waals surface area contributed by atoms with Gasteiger partial charge in [0.25, 0.3) is 0 Å². The third-order valence-corrected chi connectivity index (χ3v) is 5.04. The van der Waals surface area contributed by atoms with Crippen molar-refractivity contribution in [1.82, 2.24) is 19.7 Å². The van der Waals surface area contributed by atoms with Crippen LogP contribution in [0.4, 0.5) is 0 Å².